The second-order valence-electron chi connectivity index (χ2n) is 4.00. The van der Waals surface area contributed by atoms with Gasteiger partial charge < -0.3 is 5.32 Å². The Bertz CT molecular complexity index is 737. The van der Waals surface area contributed by atoms with Gasteiger partial charge in [-0.3, -0.25) is 14.9 Å². The van der Waals surface area contributed by atoms with E-state index in [0.29, 0.717) is 10.6 Å². The van der Waals surface area contributed by atoms with Crippen LogP contribution in [0.25, 0.3) is 0 Å². The SMILES string of the molecule is O=C(Nc1ccc([N+](=O)[O-])cc1Cl)c1cc(I)ccc1Cl. The smallest absolute Gasteiger partial charge is 0.271 e. The number of non-ortho nitro benzene ring substituents is 1. The van der Waals surface area contributed by atoms with Gasteiger partial charge in [0.25, 0.3) is 11.6 Å². The van der Waals surface area contributed by atoms with Crippen LogP contribution in [-0.2, 0) is 0 Å². The highest BCUT2D eigenvalue weighted by Gasteiger charge is 2.15. The van der Waals surface area contributed by atoms with Crippen LogP contribution in [0.3, 0.4) is 0 Å². The molecule has 2 aromatic rings. The van der Waals surface area contributed by atoms with Gasteiger partial charge in [0.15, 0.2) is 0 Å². The molecule has 0 bridgehead atoms. The van der Waals surface area contributed by atoms with Crippen molar-refractivity contribution < 1.29 is 9.72 Å². The lowest BCUT2D eigenvalue weighted by molar-refractivity contribution is -0.384. The van der Waals surface area contributed by atoms with E-state index in [0.717, 1.165) is 3.57 Å². The predicted octanol–water partition coefficient (Wildman–Crippen LogP) is 4.76. The van der Waals surface area contributed by atoms with Crippen molar-refractivity contribution in [1.29, 1.82) is 0 Å². The van der Waals surface area contributed by atoms with Gasteiger partial charge in [-0.2, -0.15) is 0 Å². The zero-order valence-corrected chi connectivity index (χ0v) is 13.9. The van der Waals surface area contributed by atoms with Crippen molar-refractivity contribution >= 4 is 63.1 Å². The van der Waals surface area contributed by atoms with E-state index in [1.807, 2.05) is 0 Å². The Morgan fingerprint density at radius 3 is 2.48 bits per heavy atom. The fraction of sp³-hybridized carbons (Fsp3) is 0. The number of hydrogen-bond acceptors (Lipinski definition) is 3. The Morgan fingerprint density at radius 1 is 1.14 bits per heavy atom. The van der Waals surface area contributed by atoms with Crippen molar-refractivity contribution in [3.05, 3.63) is 65.7 Å². The number of nitro groups is 1. The molecule has 0 fully saturated rings. The molecule has 0 aliphatic rings. The molecule has 5 nitrogen and oxygen atoms in total. The van der Waals surface area contributed by atoms with Gasteiger partial charge in [0, 0.05) is 15.7 Å². The lowest BCUT2D eigenvalue weighted by Gasteiger charge is -2.08. The van der Waals surface area contributed by atoms with Gasteiger partial charge in [-0.1, -0.05) is 23.2 Å². The monoisotopic (exact) mass is 436 g/mol. The summed E-state index contributed by atoms with van der Waals surface area (Å²) in [5, 5.41) is 13.6. The number of rotatable bonds is 3. The van der Waals surface area contributed by atoms with E-state index >= 15 is 0 Å². The minimum atomic E-state index is -0.562. The minimum absolute atomic E-state index is 0.0827. The Balaban J connectivity index is 2.27. The van der Waals surface area contributed by atoms with Crippen LogP contribution in [0, 0.1) is 13.7 Å². The molecule has 0 aromatic heterocycles. The fourth-order valence-corrected chi connectivity index (χ4v) is 2.50. The maximum Gasteiger partial charge on any atom is 0.271 e. The molecule has 0 atom stereocenters. The normalized spacial score (nSPS) is 10.2. The number of carbonyl (C=O) groups is 1. The van der Waals surface area contributed by atoms with Gasteiger partial charge in [-0.05, 0) is 46.9 Å². The topological polar surface area (TPSA) is 72.2 Å². The van der Waals surface area contributed by atoms with E-state index in [1.165, 1.54) is 18.2 Å². The van der Waals surface area contributed by atoms with Crippen LogP contribution in [0.4, 0.5) is 11.4 Å². The number of anilines is 1. The van der Waals surface area contributed by atoms with Crippen molar-refractivity contribution in [2.75, 3.05) is 5.32 Å². The fourth-order valence-electron chi connectivity index (χ4n) is 1.58. The molecule has 2 rings (SSSR count). The summed E-state index contributed by atoms with van der Waals surface area (Å²) in [5.41, 5.74) is 0.436. The van der Waals surface area contributed by atoms with Gasteiger partial charge >= 0.3 is 0 Å². The molecule has 0 saturated carbocycles. The van der Waals surface area contributed by atoms with Crippen molar-refractivity contribution in [2.45, 2.75) is 0 Å². The summed E-state index contributed by atoms with van der Waals surface area (Å²) in [5.74, 6) is -0.436. The summed E-state index contributed by atoms with van der Waals surface area (Å²) in [6, 6.07) is 8.84. The molecule has 0 unspecified atom stereocenters. The van der Waals surface area contributed by atoms with Gasteiger partial charge in [0.1, 0.15) is 0 Å². The van der Waals surface area contributed by atoms with Crippen LogP contribution >= 0.6 is 45.8 Å². The van der Waals surface area contributed by atoms with E-state index in [2.05, 4.69) is 27.9 Å². The number of amides is 1. The van der Waals surface area contributed by atoms with Crippen molar-refractivity contribution in [3.8, 4) is 0 Å². The molecular formula is C13H7Cl2IN2O3. The average Bonchev–Trinajstić information content (AvgIpc) is 2.43. The third kappa shape index (κ3) is 3.84. The Labute approximate surface area is 143 Å². The van der Waals surface area contributed by atoms with Crippen LogP contribution in [0.2, 0.25) is 10.0 Å². The number of nitro benzene ring substituents is 1. The first-order valence-electron chi connectivity index (χ1n) is 5.59. The molecule has 0 heterocycles. The molecule has 0 saturated heterocycles. The van der Waals surface area contributed by atoms with Crippen LogP contribution in [0.5, 0.6) is 0 Å². The third-order valence-corrected chi connectivity index (χ3v) is 3.90. The Morgan fingerprint density at radius 2 is 1.86 bits per heavy atom. The molecule has 8 heteroatoms. The summed E-state index contributed by atoms with van der Waals surface area (Å²) < 4.78 is 0.858. The zero-order chi connectivity index (χ0) is 15.6. The summed E-state index contributed by atoms with van der Waals surface area (Å²) in [6.07, 6.45) is 0. The highest BCUT2D eigenvalue weighted by molar-refractivity contribution is 14.1. The summed E-state index contributed by atoms with van der Waals surface area (Å²) >= 11 is 14.0. The van der Waals surface area contributed by atoms with Gasteiger partial charge in [0.05, 0.1) is 26.2 Å². The summed E-state index contributed by atoms with van der Waals surface area (Å²) in [4.78, 5) is 22.2. The quantitative estimate of drug-likeness (QED) is 0.428. The first-order chi connectivity index (χ1) is 9.88. The number of carbonyl (C=O) groups excluding carboxylic acids is 1. The summed E-state index contributed by atoms with van der Waals surface area (Å²) in [7, 11) is 0. The Kier molecular flexibility index (Phi) is 5.02. The van der Waals surface area contributed by atoms with Crippen LogP contribution in [0.15, 0.2) is 36.4 Å². The standard InChI is InChI=1S/C13H7Cl2IN2O3/c14-10-3-1-7(16)5-9(10)13(19)17-12-4-2-8(18(20)21)6-11(12)15/h1-6H,(H,17,19). The minimum Gasteiger partial charge on any atom is -0.321 e. The molecule has 0 spiro atoms. The highest BCUT2D eigenvalue weighted by atomic mass is 127. The van der Waals surface area contributed by atoms with E-state index < -0.39 is 10.8 Å². The number of nitrogens with zero attached hydrogens (tertiary/aromatic N) is 1. The zero-order valence-electron chi connectivity index (χ0n) is 10.3. The number of hydrogen-bond donors (Lipinski definition) is 1. The van der Waals surface area contributed by atoms with Gasteiger partial charge in [0.2, 0.25) is 0 Å². The van der Waals surface area contributed by atoms with E-state index in [1.54, 1.807) is 18.2 Å². The molecule has 1 amide bonds. The molecular weight excluding hydrogens is 430 g/mol. The second-order valence-corrected chi connectivity index (χ2v) is 6.06. The molecule has 1 N–H and O–H groups in total. The lowest BCUT2D eigenvalue weighted by Crippen LogP contribution is -2.13. The lowest BCUT2D eigenvalue weighted by atomic mass is 10.2. The van der Waals surface area contributed by atoms with Crippen LogP contribution in [0.1, 0.15) is 10.4 Å². The molecule has 0 aliphatic heterocycles. The van der Waals surface area contributed by atoms with E-state index in [9.17, 15) is 14.9 Å². The third-order valence-electron chi connectivity index (χ3n) is 2.58. The maximum absolute atomic E-state index is 12.2. The van der Waals surface area contributed by atoms with Crippen molar-refractivity contribution in [2.24, 2.45) is 0 Å². The molecule has 108 valence electrons. The summed E-state index contributed by atoms with van der Waals surface area (Å²) in [6.45, 7) is 0. The molecule has 0 aliphatic carbocycles. The highest BCUT2D eigenvalue weighted by Crippen LogP contribution is 2.28. The van der Waals surface area contributed by atoms with Gasteiger partial charge in [-0.25, -0.2) is 0 Å². The predicted molar refractivity (Wildman–Crippen MR) is 90.2 cm³/mol. The largest absolute Gasteiger partial charge is 0.321 e. The van der Waals surface area contributed by atoms with Crippen LogP contribution < -0.4 is 5.32 Å². The average molecular weight is 437 g/mol. The first-order valence-corrected chi connectivity index (χ1v) is 7.42. The van der Waals surface area contributed by atoms with Crippen molar-refractivity contribution in [1.82, 2.24) is 0 Å². The first kappa shape index (κ1) is 16.0. The second kappa shape index (κ2) is 6.59. The maximum atomic E-state index is 12.2. The Hall–Kier alpha value is -1.38. The van der Waals surface area contributed by atoms with E-state index in [-0.39, 0.29) is 16.4 Å². The number of benzene rings is 2. The van der Waals surface area contributed by atoms with Crippen LogP contribution in [-0.4, -0.2) is 10.8 Å². The van der Waals surface area contributed by atoms with Gasteiger partial charge in [-0.15, -0.1) is 0 Å². The molecule has 21 heavy (non-hydrogen) atoms. The number of halogens is 3. The number of nitrogens with one attached hydrogen (secondary N) is 1. The van der Waals surface area contributed by atoms with Crippen molar-refractivity contribution in [3.63, 3.8) is 0 Å². The molecule has 0 radical (unpaired) electrons. The molecule has 2 aromatic carbocycles. The van der Waals surface area contributed by atoms with E-state index in [4.69, 9.17) is 23.2 Å².